The molecule has 6 heteroatoms. The summed E-state index contributed by atoms with van der Waals surface area (Å²) in [6, 6.07) is 6.09. The molecule has 0 aromatic heterocycles. The minimum atomic E-state index is -5.10. The zero-order valence-electron chi connectivity index (χ0n) is 8.25. The summed E-state index contributed by atoms with van der Waals surface area (Å²) in [5.74, 6) is -2.34. The molecule has 16 heavy (non-hydrogen) atoms. The summed E-state index contributed by atoms with van der Waals surface area (Å²) >= 11 is 0. The van der Waals surface area contributed by atoms with E-state index in [1.807, 2.05) is 0 Å². The van der Waals surface area contributed by atoms with Crippen molar-refractivity contribution in [3.05, 3.63) is 35.9 Å². The minimum absolute atomic E-state index is 0.523. The highest BCUT2D eigenvalue weighted by Crippen LogP contribution is 2.41. The lowest BCUT2D eigenvalue weighted by Crippen LogP contribution is -2.56. The number of alkyl halides is 3. The molecule has 0 saturated heterocycles. The Kier molecular flexibility index (Phi) is 3.23. The molecule has 1 aromatic rings. The fourth-order valence-electron chi connectivity index (χ4n) is 1.39. The van der Waals surface area contributed by atoms with Gasteiger partial charge >= 0.3 is 6.18 Å². The minimum Gasteiger partial charge on any atom is -0.546 e. The monoisotopic (exact) mass is 233 g/mol. The molecular weight excluding hydrogens is 225 g/mol. The van der Waals surface area contributed by atoms with Gasteiger partial charge in [-0.25, -0.2) is 0 Å². The Hall–Kier alpha value is -1.56. The molecule has 0 bridgehead atoms. The van der Waals surface area contributed by atoms with Gasteiger partial charge in [-0.3, -0.25) is 0 Å². The van der Waals surface area contributed by atoms with E-state index in [0.29, 0.717) is 7.11 Å². The van der Waals surface area contributed by atoms with Crippen LogP contribution in [0.3, 0.4) is 0 Å². The number of hydrogen-bond acceptors (Lipinski definition) is 3. The van der Waals surface area contributed by atoms with E-state index >= 15 is 0 Å². The molecule has 88 valence electrons. The number of rotatable bonds is 3. The lowest BCUT2D eigenvalue weighted by molar-refractivity contribution is -0.360. The molecule has 0 spiro atoms. The topological polar surface area (TPSA) is 49.4 Å². The van der Waals surface area contributed by atoms with Crippen LogP contribution in [0.2, 0.25) is 0 Å². The Morgan fingerprint density at radius 3 is 2.06 bits per heavy atom. The van der Waals surface area contributed by atoms with Crippen molar-refractivity contribution < 1.29 is 27.8 Å². The van der Waals surface area contributed by atoms with E-state index < -0.39 is 23.3 Å². The maximum atomic E-state index is 12.8. The van der Waals surface area contributed by atoms with Gasteiger partial charge in [-0.1, -0.05) is 30.3 Å². The van der Waals surface area contributed by atoms with Gasteiger partial charge in [-0.2, -0.15) is 13.2 Å². The van der Waals surface area contributed by atoms with Crippen molar-refractivity contribution in [2.45, 2.75) is 11.8 Å². The van der Waals surface area contributed by atoms with Gasteiger partial charge in [-0.05, 0) is 5.56 Å². The second-order valence-electron chi connectivity index (χ2n) is 3.04. The van der Waals surface area contributed by atoms with Crippen molar-refractivity contribution >= 4 is 5.97 Å². The number of carboxylic acid groups (broad SMARTS) is 1. The van der Waals surface area contributed by atoms with Crippen molar-refractivity contribution in [2.24, 2.45) is 0 Å². The predicted molar refractivity (Wildman–Crippen MR) is 46.2 cm³/mol. The molecule has 0 aliphatic heterocycles. The van der Waals surface area contributed by atoms with E-state index in [0.717, 1.165) is 12.1 Å². The fourth-order valence-corrected chi connectivity index (χ4v) is 1.39. The van der Waals surface area contributed by atoms with E-state index in [-0.39, 0.29) is 0 Å². The third-order valence-electron chi connectivity index (χ3n) is 2.17. The first-order valence-corrected chi connectivity index (χ1v) is 4.25. The molecule has 1 unspecified atom stereocenters. The fraction of sp³-hybridized carbons (Fsp3) is 0.300. The summed E-state index contributed by atoms with van der Waals surface area (Å²) in [6.45, 7) is 0. The first kappa shape index (κ1) is 12.5. The molecule has 0 radical (unpaired) electrons. The third kappa shape index (κ3) is 1.76. The maximum absolute atomic E-state index is 12.8. The van der Waals surface area contributed by atoms with E-state index in [9.17, 15) is 23.1 Å². The van der Waals surface area contributed by atoms with Gasteiger partial charge in [0.2, 0.25) is 5.60 Å². The van der Waals surface area contributed by atoms with Gasteiger partial charge < -0.3 is 14.6 Å². The molecular formula is C10H8F3O3-. The number of aliphatic carboxylic acids is 1. The van der Waals surface area contributed by atoms with Crippen LogP contribution in [0, 0.1) is 0 Å². The summed E-state index contributed by atoms with van der Waals surface area (Å²) in [4.78, 5) is 10.7. The Labute approximate surface area is 89.5 Å². The predicted octanol–water partition coefficient (Wildman–Crippen LogP) is 0.840. The molecule has 1 aromatic carbocycles. The third-order valence-corrected chi connectivity index (χ3v) is 2.17. The van der Waals surface area contributed by atoms with Crippen molar-refractivity contribution in [3.8, 4) is 0 Å². The molecule has 0 aliphatic carbocycles. The summed E-state index contributed by atoms with van der Waals surface area (Å²) < 4.78 is 42.5. The Morgan fingerprint density at radius 1 is 1.25 bits per heavy atom. The van der Waals surface area contributed by atoms with E-state index in [1.54, 1.807) is 0 Å². The van der Waals surface area contributed by atoms with Crippen molar-refractivity contribution in [2.75, 3.05) is 7.11 Å². The molecule has 0 N–H and O–H groups in total. The van der Waals surface area contributed by atoms with Gasteiger partial charge in [0.15, 0.2) is 0 Å². The largest absolute Gasteiger partial charge is 0.546 e. The lowest BCUT2D eigenvalue weighted by atomic mass is 9.93. The number of carboxylic acids is 1. The number of ether oxygens (including phenoxy) is 1. The second-order valence-corrected chi connectivity index (χ2v) is 3.04. The summed E-state index contributed by atoms with van der Waals surface area (Å²) in [5.41, 5.74) is -3.95. The second kappa shape index (κ2) is 4.13. The van der Waals surface area contributed by atoms with Gasteiger partial charge in [-0.15, -0.1) is 0 Å². The first-order chi connectivity index (χ1) is 7.36. The van der Waals surface area contributed by atoms with Crippen LogP contribution in [0.5, 0.6) is 0 Å². The molecule has 1 rings (SSSR count). The molecule has 0 saturated carbocycles. The average Bonchev–Trinajstić information content (AvgIpc) is 2.18. The summed E-state index contributed by atoms with van der Waals surface area (Å²) in [5, 5.41) is 10.7. The summed E-state index contributed by atoms with van der Waals surface area (Å²) in [6.07, 6.45) is -5.10. The van der Waals surface area contributed by atoms with E-state index in [4.69, 9.17) is 0 Å². The molecule has 0 heterocycles. The Bertz CT molecular complexity index is 375. The lowest BCUT2D eigenvalue weighted by Gasteiger charge is -2.35. The van der Waals surface area contributed by atoms with Crippen LogP contribution in [0.15, 0.2) is 30.3 Å². The highest BCUT2D eigenvalue weighted by atomic mass is 19.4. The van der Waals surface area contributed by atoms with Gasteiger partial charge in [0.05, 0.1) is 5.97 Å². The van der Waals surface area contributed by atoms with E-state index in [2.05, 4.69) is 4.74 Å². The smallest absolute Gasteiger partial charge is 0.427 e. The van der Waals surface area contributed by atoms with Gasteiger partial charge in [0.25, 0.3) is 0 Å². The number of benzene rings is 1. The highest BCUT2D eigenvalue weighted by Gasteiger charge is 2.58. The van der Waals surface area contributed by atoms with Crippen LogP contribution in [0.25, 0.3) is 0 Å². The number of hydrogen-bond donors (Lipinski definition) is 0. The van der Waals surface area contributed by atoms with Crippen LogP contribution >= 0.6 is 0 Å². The Morgan fingerprint density at radius 2 is 1.75 bits per heavy atom. The molecule has 0 fully saturated rings. The van der Waals surface area contributed by atoms with E-state index in [1.165, 1.54) is 18.2 Å². The van der Waals surface area contributed by atoms with Crippen LogP contribution in [0.1, 0.15) is 5.56 Å². The van der Waals surface area contributed by atoms with Gasteiger partial charge in [0, 0.05) is 7.11 Å². The van der Waals surface area contributed by atoms with Crippen LogP contribution < -0.4 is 5.11 Å². The number of carbonyl (C=O) groups is 1. The summed E-state index contributed by atoms with van der Waals surface area (Å²) in [7, 11) is 0.677. The Balaban J connectivity index is 3.42. The number of carbonyl (C=O) groups excluding carboxylic acids is 1. The SMILES string of the molecule is COC(C(=O)[O-])(c1ccccc1)C(F)(F)F. The molecule has 0 aliphatic rings. The molecule has 0 amide bonds. The first-order valence-electron chi connectivity index (χ1n) is 4.25. The maximum Gasteiger partial charge on any atom is 0.427 e. The van der Waals surface area contributed by atoms with Crippen LogP contribution in [-0.4, -0.2) is 19.3 Å². The van der Waals surface area contributed by atoms with Crippen LogP contribution in [-0.2, 0) is 15.1 Å². The number of methoxy groups -OCH3 is 1. The quantitative estimate of drug-likeness (QED) is 0.777. The van der Waals surface area contributed by atoms with Crippen LogP contribution in [0.4, 0.5) is 13.2 Å². The number of halogens is 3. The standard InChI is InChI=1S/C10H9F3O3/c1-16-9(8(14)15,10(11,12)13)7-5-3-2-4-6-7/h2-6H,1H3,(H,14,15)/p-1. The highest BCUT2D eigenvalue weighted by molar-refractivity contribution is 5.78. The molecule has 1 atom stereocenters. The molecule has 3 nitrogen and oxygen atoms in total. The van der Waals surface area contributed by atoms with Crippen molar-refractivity contribution in [1.82, 2.24) is 0 Å². The zero-order valence-corrected chi connectivity index (χ0v) is 8.25. The van der Waals surface area contributed by atoms with Crippen molar-refractivity contribution in [1.29, 1.82) is 0 Å². The average molecular weight is 233 g/mol. The van der Waals surface area contributed by atoms with Gasteiger partial charge in [0.1, 0.15) is 0 Å². The van der Waals surface area contributed by atoms with Crippen molar-refractivity contribution in [3.63, 3.8) is 0 Å². The zero-order chi connectivity index (χ0) is 12.4. The normalized spacial score (nSPS) is 15.5.